The highest BCUT2D eigenvalue weighted by molar-refractivity contribution is 5.85. The summed E-state index contributed by atoms with van der Waals surface area (Å²) in [4.78, 5) is 14.6. The Morgan fingerprint density at radius 3 is 2.37 bits per heavy atom. The lowest BCUT2D eigenvalue weighted by Crippen LogP contribution is -2.21. The maximum atomic E-state index is 10.6. The number of halogens is 3. The Hall–Kier alpha value is -3.01. The van der Waals surface area contributed by atoms with Crippen molar-refractivity contribution in [3.63, 3.8) is 0 Å². The van der Waals surface area contributed by atoms with Gasteiger partial charge >= 0.3 is 12.1 Å². The third-order valence-corrected chi connectivity index (χ3v) is 4.50. The number of nitrogens with zero attached hydrogens (tertiary/aromatic N) is 2. The molecule has 0 radical (unpaired) electrons. The number of ether oxygens (including phenoxy) is 1. The largest absolute Gasteiger partial charge is 0.497 e. The Morgan fingerprint density at radius 1 is 1.23 bits per heavy atom. The molecule has 0 aliphatic heterocycles. The smallest absolute Gasteiger partial charge is 0.490 e. The summed E-state index contributed by atoms with van der Waals surface area (Å²) in [5, 5.41) is 12.4. The molecule has 3 aromatic rings. The fourth-order valence-corrected chi connectivity index (χ4v) is 2.99. The summed E-state index contributed by atoms with van der Waals surface area (Å²) in [6.07, 6.45) is -5.08. The maximum absolute atomic E-state index is 10.6. The van der Waals surface area contributed by atoms with Gasteiger partial charge in [0.15, 0.2) is 0 Å². The predicted molar refractivity (Wildman–Crippen MR) is 104 cm³/mol. The summed E-state index contributed by atoms with van der Waals surface area (Å²) < 4.78 is 42.3. The normalized spacial score (nSPS) is 11.5. The molecule has 0 fully saturated rings. The van der Waals surface area contributed by atoms with E-state index in [1.807, 2.05) is 19.9 Å². The Balaban J connectivity index is 0.000000396. The van der Waals surface area contributed by atoms with E-state index < -0.39 is 12.1 Å². The molecule has 2 heterocycles. The van der Waals surface area contributed by atoms with Crippen molar-refractivity contribution in [2.45, 2.75) is 40.0 Å². The Bertz CT molecular complexity index is 1000. The SMILES string of the molecule is COc1cc(C)c2cc(CN(C)Cc3c(C)noc3C)[nH]c2c1.O=C(O)C(F)(F)F. The molecule has 30 heavy (non-hydrogen) atoms. The van der Waals surface area contributed by atoms with E-state index in [-0.39, 0.29) is 0 Å². The van der Waals surface area contributed by atoms with Gasteiger partial charge in [-0.1, -0.05) is 5.16 Å². The number of alkyl halides is 3. The zero-order valence-corrected chi connectivity index (χ0v) is 17.3. The highest BCUT2D eigenvalue weighted by Gasteiger charge is 2.38. The second-order valence-electron chi connectivity index (χ2n) is 6.98. The second kappa shape index (κ2) is 9.21. The van der Waals surface area contributed by atoms with Gasteiger partial charge in [-0.05, 0) is 45.5 Å². The molecule has 10 heteroatoms. The van der Waals surface area contributed by atoms with Gasteiger partial charge in [-0.25, -0.2) is 4.79 Å². The molecule has 7 nitrogen and oxygen atoms in total. The number of aromatic amines is 1. The zero-order chi connectivity index (χ0) is 22.6. The van der Waals surface area contributed by atoms with Gasteiger partial charge in [-0.15, -0.1) is 0 Å². The van der Waals surface area contributed by atoms with E-state index >= 15 is 0 Å². The summed E-state index contributed by atoms with van der Waals surface area (Å²) in [5.41, 5.74) is 5.65. The number of methoxy groups -OCH3 is 1. The van der Waals surface area contributed by atoms with Crippen LogP contribution >= 0.6 is 0 Å². The number of carboxylic acids is 1. The Morgan fingerprint density at radius 2 is 1.87 bits per heavy atom. The molecule has 0 amide bonds. The lowest BCUT2D eigenvalue weighted by Gasteiger charge is -2.15. The van der Waals surface area contributed by atoms with E-state index in [2.05, 4.69) is 41.1 Å². The predicted octanol–water partition coefficient (Wildman–Crippen LogP) is 4.36. The van der Waals surface area contributed by atoms with Crippen molar-refractivity contribution in [2.75, 3.05) is 14.2 Å². The first-order valence-electron chi connectivity index (χ1n) is 8.99. The maximum Gasteiger partial charge on any atom is 0.490 e. The molecule has 0 saturated carbocycles. The molecule has 164 valence electrons. The first kappa shape index (κ1) is 23.3. The van der Waals surface area contributed by atoms with Gasteiger partial charge in [-0.3, -0.25) is 4.90 Å². The van der Waals surface area contributed by atoms with Gasteiger partial charge in [0, 0.05) is 41.3 Å². The van der Waals surface area contributed by atoms with Crippen molar-refractivity contribution >= 4 is 16.9 Å². The van der Waals surface area contributed by atoms with Gasteiger partial charge in [0.25, 0.3) is 0 Å². The van der Waals surface area contributed by atoms with Crippen LogP contribution in [0, 0.1) is 20.8 Å². The number of aromatic nitrogens is 2. The Labute approximate surface area is 171 Å². The summed E-state index contributed by atoms with van der Waals surface area (Å²) >= 11 is 0. The van der Waals surface area contributed by atoms with Crippen LogP contribution in [0.3, 0.4) is 0 Å². The number of aryl methyl sites for hydroxylation is 3. The summed E-state index contributed by atoms with van der Waals surface area (Å²) in [7, 11) is 3.80. The summed E-state index contributed by atoms with van der Waals surface area (Å²) in [6.45, 7) is 7.70. The number of carbonyl (C=O) groups is 1. The summed E-state index contributed by atoms with van der Waals surface area (Å²) in [5.74, 6) is -0.980. The average molecular weight is 427 g/mol. The molecule has 0 spiro atoms. The molecule has 2 aromatic heterocycles. The molecule has 1 aromatic carbocycles. The van der Waals surface area contributed by atoms with Gasteiger partial charge < -0.3 is 19.4 Å². The molecular formula is C20H24F3N3O4. The van der Waals surface area contributed by atoms with Crippen molar-refractivity contribution in [3.8, 4) is 5.75 Å². The highest BCUT2D eigenvalue weighted by Crippen LogP contribution is 2.26. The quantitative estimate of drug-likeness (QED) is 0.629. The minimum Gasteiger partial charge on any atom is -0.497 e. The highest BCUT2D eigenvalue weighted by atomic mass is 19.4. The molecule has 0 aliphatic rings. The minimum atomic E-state index is -5.08. The number of nitrogens with one attached hydrogen (secondary N) is 1. The van der Waals surface area contributed by atoms with Gasteiger partial charge in [-0.2, -0.15) is 13.2 Å². The van der Waals surface area contributed by atoms with Gasteiger partial charge in [0.2, 0.25) is 0 Å². The van der Waals surface area contributed by atoms with Crippen molar-refractivity contribution in [3.05, 3.63) is 46.5 Å². The van der Waals surface area contributed by atoms with Crippen LogP contribution in [0.1, 0.15) is 28.3 Å². The number of H-pyrrole nitrogens is 1. The molecule has 0 aliphatic carbocycles. The van der Waals surface area contributed by atoms with E-state index in [1.165, 1.54) is 22.2 Å². The van der Waals surface area contributed by atoms with E-state index in [1.54, 1.807) is 7.11 Å². The van der Waals surface area contributed by atoms with Crippen LogP contribution in [-0.2, 0) is 17.9 Å². The number of carboxylic acid groups (broad SMARTS) is 1. The van der Waals surface area contributed by atoms with Crippen molar-refractivity contribution in [1.29, 1.82) is 0 Å². The number of benzene rings is 1. The van der Waals surface area contributed by atoms with Crippen LogP contribution < -0.4 is 4.74 Å². The molecular weight excluding hydrogens is 403 g/mol. The summed E-state index contributed by atoms with van der Waals surface area (Å²) in [6, 6.07) is 6.32. The first-order chi connectivity index (χ1) is 13.9. The fourth-order valence-electron chi connectivity index (χ4n) is 2.99. The zero-order valence-electron chi connectivity index (χ0n) is 17.3. The number of hydrogen-bond acceptors (Lipinski definition) is 5. The van der Waals surface area contributed by atoms with Crippen molar-refractivity contribution < 1.29 is 32.3 Å². The molecule has 0 bridgehead atoms. The number of hydrogen-bond donors (Lipinski definition) is 2. The van der Waals surface area contributed by atoms with Crippen LogP contribution in [0.4, 0.5) is 13.2 Å². The van der Waals surface area contributed by atoms with E-state index in [0.29, 0.717) is 0 Å². The average Bonchev–Trinajstić information content (AvgIpc) is 3.19. The Kier molecular flexibility index (Phi) is 7.14. The molecule has 0 unspecified atom stereocenters. The van der Waals surface area contributed by atoms with E-state index in [4.69, 9.17) is 19.2 Å². The van der Waals surface area contributed by atoms with Crippen LogP contribution in [0.5, 0.6) is 5.75 Å². The molecule has 0 saturated heterocycles. The van der Waals surface area contributed by atoms with E-state index in [9.17, 15) is 13.2 Å². The van der Waals surface area contributed by atoms with Crippen molar-refractivity contribution in [2.24, 2.45) is 0 Å². The van der Waals surface area contributed by atoms with Crippen LogP contribution in [-0.4, -0.2) is 46.5 Å². The van der Waals surface area contributed by atoms with Crippen molar-refractivity contribution in [1.82, 2.24) is 15.0 Å². The van der Waals surface area contributed by atoms with Gasteiger partial charge in [0.05, 0.1) is 12.8 Å². The minimum absolute atomic E-state index is 0.818. The molecule has 3 rings (SSSR count). The lowest BCUT2D eigenvalue weighted by molar-refractivity contribution is -0.192. The number of fused-ring (bicyclic) bond motifs is 1. The monoisotopic (exact) mass is 427 g/mol. The molecule has 0 atom stereocenters. The number of aliphatic carboxylic acids is 1. The second-order valence-corrected chi connectivity index (χ2v) is 6.98. The van der Waals surface area contributed by atoms with E-state index in [0.717, 1.165) is 35.8 Å². The third kappa shape index (κ3) is 5.76. The van der Waals surface area contributed by atoms with Gasteiger partial charge in [0.1, 0.15) is 11.5 Å². The standard InChI is InChI=1S/C18H23N3O2.C2HF3O2/c1-11-6-15(22-5)8-18-16(11)7-14(19-18)9-21(4)10-17-12(2)20-23-13(17)3;3-2(4,5)1(6)7/h6-8,19H,9-10H2,1-5H3;(H,6,7). The molecule has 2 N–H and O–H groups in total. The first-order valence-corrected chi connectivity index (χ1v) is 8.99. The number of rotatable bonds is 5. The van der Waals surface area contributed by atoms with Crippen LogP contribution in [0.2, 0.25) is 0 Å². The van der Waals surface area contributed by atoms with Crippen LogP contribution in [0.25, 0.3) is 10.9 Å². The van der Waals surface area contributed by atoms with Crippen LogP contribution in [0.15, 0.2) is 22.7 Å². The fraction of sp³-hybridized carbons (Fsp3) is 0.400. The third-order valence-electron chi connectivity index (χ3n) is 4.50. The lowest BCUT2D eigenvalue weighted by atomic mass is 10.1. The topological polar surface area (TPSA) is 91.6 Å².